The number of aromatic nitrogens is 2. The molecule has 0 atom stereocenters. The number of carbonyl (C=O) groups excluding carboxylic acids is 2. The van der Waals surface area contributed by atoms with E-state index in [0.29, 0.717) is 5.56 Å². The maximum atomic E-state index is 11.8. The lowest BCUT2D eigenvalue weighted by molar-refractivity contribution is 0.0720. The number of rotatable bonds is 3. The van der Waals surface area contributed by atoms with Gasteiger partial charge in [-0.1, -0.05) is 18.2 Å². The van der Waals surface area contributed by atoms with Crippen molar-refractivity contribution in [3.8, 4) is 5.88 Å². The second kappa shape index (κ2) is 5.01. The number of benzene rings is 1. The Morgan fingerprint density at radius 1 is 1.28 bits per heavy atom. The van der Waals surface area contributed by atoms with Crippen molar-refractivity contribution in [2.24, 2.45) is 7.05 Å². The summed E-state index contributed by atoms with van der Waals surface area (Å²) in [6.07, 6.45) is 0. The molecule has 0 radical (unpaired) electrons. The number of halogens is 1. The van der Waals surface area contributed by atoms with Crippen LogP contribution >= 0.6 is 11.6 Å². The standard InChI is InChI=1S/C12H9ClN2O3/c1-15-10(7-9(14-15)11(13)16)18-12(17)8-5-3-2-4-6-8/h2-7H,1H3. The third-order valence-electron chi connectivity index (χ3n) is 2.25. The highest BCUT2D eigenvalue weighted by Gasteiger charge is 2.15. The van der Waals surface area contributed by atoms with Gasteiger partial charge in [0.15, 0.2) is 0 Å². The van der Waals surface area contributed by atoms with Gasteiger partial charge >= 0.3 is 5.97 Å². The van der Waals surface area contributed by atoms with Gasteiger partial charge in [-0.25, -0.2) is 9.48 Å². The van der Waals surface area contributed by atoms with Crippen LogP contribution in [0.25, 0.3) is 0 Å². The third kappa shape index (κ3) is 2.57. The Morgan fingerprint density at radius 2 is 1.94 bits per heavy atom. The first-order valence-electron chi connectivity index (χ1n) is 5.09. The van der Waals surface area contributed by atoms with Gasteiger partial charge in [0, 0.05) is 13.1 Å². The normalized spacial score (nSPS) is 10.1. The summed E-state index contributed by atoms with van der Waals surface area (Å²) in [4.78, 5) is 22.7. The van der Waals surface area contributed by atoms with Crippen LogP contribution in [0, 0.1) is 0 Å². The van der Waals surface area contributed by atoms with Gasteiger partial charge in [0.2, 0.25) is 5.88 Å². The monoisotopic (exact) mass is 264 g/mol. The van der Waals surface area contributed by atoms with Crippen LogP contribution in [-0.2, 0) is 7.05 Å². The lowest BCUT2D eigenvalue weighted by atomic mass is 10.2. The van der Waals surface area contributed by atoms with Gasteiger partial charge in [-0.15, -0.1) is 0 Å². The van der Waals surface area contributed by atoms with Gasteiger partial charge in [0.05, 0.1) is 5.56 Å². The molecule has 2 rings (SSSR count). The van der Waals surface area contributed by atoms with Crippen LogP contribution in [0.4, 0.5) is 0 Å². The Hall–Kier alpha value is -2.14. The van der Waals surface area contributed by atoms with Gasteiger partial charge in [0.25, 0.3) is 5.24 Å². The van der Waals surface area contributed by atoms with Crippen molar-refractivity contribution in [3.63, 3.8) is 0 Å². The number of esters is 1. The number of hydrogen-bond acceptors (Lipinski definition) is 4. The molecule has 1 heterocycles. The van der Waals surface area contributed by atoms with Gasteiger partial charge in [0.1, 0.15) is 5.69 Å². The lowest BCUT2D eigenvalue weighted by Crippen LogP contribution is -2.10. The van der Waals surface area contributed by atoms with E-state index in [1.807, 2.05) is 0 Å². The second-order valence-electron chi connectivity index (χ2n) is 3.52. The summed E-state index contributed by atoms with van der Waals surface area (Å²) in [6, 6.07) is 9.83. The molecule has 5 nitrogen and oxygen atoms in total. The Bertz CT molecular complexity index is 593. The summed E-state index contributed by atoms with van der Waals surface area (Å²) >= 11 is 5.29. The van der Waals surface area contributed by atoms with Crippen molar-refractivity contribution in [3.05, 3.63) is 47.7 Å². The van der Waals surface area contributed by atoms with E-state index in [1.165, 1.54) is 10.7 Å². The zero-order valence-electron chi connectivity index (χ0n) is 9.46. The molecule has 0 amide bonds. The Labute approximate surface area is 108 Å². The quantitative estimate of drug-likeness (QED) is 0.628. The number of ether oxygens (including phenoxy) is 1. The molecule has 18 heavy (non-hydrogen) atoms. The smallest absolute Gasteiger partial charge is 0.344 e. The van der Waals surface area contributed by atoms with Crippen LogP contribution in [-0.4, -0.2) is 21.0 Å². The van der Waals surface area contributed by atoms with Crippen LogP contribution < -0.4 is 4.74 Å². The molecule has 0 aliphatic heterocycles. The third-order valence-corrected chi connectivity index (χ3v) is 2.44. The van der Waals surface area contributed by atoms with Gasteiger partial charge < -0.3 is 4.74 Å². The minimum absolute atomic E-state index is 0.0371. The van der Waals surface area contributed by atoms with Crippen molar-refractivity contribution in [1.82, 2.24) is 9.78 Å². The molecule has 0 aliphatic rings. The predicted octanol–water partition coefficient (Wildman–Crippen LogP) is 2.02. The van der Waals surface area contributed by atoms with Crippen molar-refractivity contribution in [2.45, 2.75) is 0 Å². The summed E-state index contributed by atoms with van der Waals surface area (Å²) in [5, 5.41) is 3.11. The molecular weight excluding hydrogens is 256 g/mol. The molecule has 0 bridgehead atoms. The summed E-state index contributed by atoms with van der Waals surface area (Å²) < 4.78 is 6.39. The fraction of sp³-hybridized carbons (Fsp3) is 0.0833. The molecule has 6 heteroatoms. The molecule has 0 N–H and O–H groups in total. The van der Waals surface area contributed by atoms with Crippen molar-refractivity contribution < 1.29 is 14.3 Å². The molecule has 2 aromatic rings. The van der Waals surface area contributed by atoms with E-state index >= 15 is 0 Å². The molecule has 0 unspecified atom stereocenters. The minimum Gasteiger partial charge on any atom is -0.404 e. The topological polar surface area (TPSA) is 61.2 Å². The average Bonchev–Trinajstić information content (AvgIpc) is 2.72. The zero-order chi connectivity index (χ0) is 13.1. The van der Waals surface area contributed by atoms with Crippen LogP contribution in [0.2, 0.25) is 0 Å². The number of hydrogen-bond donors (Lipinski definition) is 0. The SMILES string of the molecule is Cn1nc(C(=O)Cl)cc1OC(=O)c1ccccc1. The Balaban J connectivity index is 2.20. The first kappa shape index (κ1) is 12.3. The van der Waals surface area contributed by atoms with Gasteiger partial charge in [-0.2, -0.15) is 5.10 Å². The van der Waals surface area contributed by atoms with E-state index in [0.717, 1.165) is 0 Å². The van der Waals surface area contributed by atoms with Crippen LogP contribution in [0.15, 0.2) is 36.4 Å². The van der Waals surface area contributed by atoms with E-state index < -0.39 is 11.2 Å². The zero-order valence-corrected chi connectivity index (χ0v) is 10.2. The maximum Gasteiger partial charge on any atom is 0.344 e. The molecular formula is C12H9ClN2O3. The highest BCUT2D eigenvalue weighted by molar-refractivity contribution is 6.67. The first-order chi connectivity index (χ1) is 8.58. The van der Waals surface area contributed by atoms with Crippen molar-refractivity contribution in [2.75, 3.05) is 0 Å². The number of nitrogens with zero attached hydrogens (tertiary/aromatic N) is 2. The van der Waals surface area contributed by atoms with E-state index in [-0.39, 0.29) is 11.6 Å². The molecule has 0 saturated heterocycles. The fourth-order valence-corrected chi connectivity index (χ4v) is 1.46. The van der Waals surface area contributed by atoms with Gasteiger partial charge in [-0.05, 0) is 23.7 Å². The molecule has 0 saturated carbocycles. The summed E-state index contributed by atoms with van der Waals surface area (Å²) in [5.74, 6) is -0.361. The van der Waals surface area contributed by atoms with Crippen LogP contribution in [0.5, 0.6) is 5.88 Å². The van der Waals surface area contributed by atoms with E-state index in [4.69, 9.17) is 16.3 Å². The molecule has 1 aromatic heterocycles. The molecule has 92 valence electrons. The number of aryl methyl sites for hydroxylation is 1. The first-order valence-corrected chi connectivity index (χ1v) is 5.47. The van der Waals surface area contributed by atoms with E-state index in [1.54, 1.807) is 37.4 Å². The summed E-state index contributed by atoms with van der Waals surface area (Å²) in [7, 11) is 1.55. The Morgan fingerprint density at radius 3 is 2.50 bits per heavy atom. The molecule has 1 aromatic carbocycles. The average molecular weight is 265 g/mol. The molecule has 0 spiro atoms. The largest absolute Gasteiger partial charge is 0.404 e. The summed E-state index contributed by atoms with van der Waals surface area (Å²) in [6.45, 7) is 0. The molecule has 0 fully saturated rings. The predicted molar refractivity (Wildman–Crippen MR) is 64.8 cm³/mol. The summed E-state index contributed by atoms with van der Waals surface area (Å²) in [5.41, 5.74) is 0.451. The number of carbonyl (C=O) groups is 2. The fourth-order valence-electron chi connectivity index (χ4n) is 1.37. The molecule has 0 aliphatic carbocycles. The minimum atomic E-state index is -0.701. The van der Waals surface area contributed by atoms with Crippen molar-refractivity contribution >= 4 is 22.8 Å². The van der Waals surface area contributed by atoms with Crippen LogP contribution in [0.3, 0.4) is 0 Å². The van der Waals surface area contributed by atoms with E-state index in [2.05, 4.69) is 5.10 Å². The van der Waals surface area contributed by atoms with Crippen LogP contribution in [0.1, 0.15) is 20.8 Å². The highest BCUT2D eigenvalue weighted by atomic mass is 35.5. The second-order valence-corrected chi connectivity index (χ2v) is 3.86. The van der Waals surface area contributed by atoms with Crippen molar-refractivity contribution in [1.29, 1.82) is 0 Å². The lowest BCUT2D eigenvalue weighted by Gasteiger charge is -2.03. The van der Waals surface area contributed by atoms with E-state index in [9.17, 15) is 9.59 Å². The Kier molecular flexibility index (Phi) is 3.43. The maximum absolute atomic E-state index is 11.8. The highest BCUT2D eigenvalue weighted by Crippen LogP contribution is 2.15. The van der Waals surface area contributed by atoms with Gasteiger partial charge in [-0.3, -0.25) is 4.79 Å².